The number of ether oxygens (including phenoxy) is 3. The van der Waals surface area contributed by atoms with E-state index in [-0.39, 0.29) is 13.2 Å². The fourth-order valence-electron chi connectivity index (χ4n) is 1.04. The van der Waals surface area contributed by atoms with Crippen LogP contribution in [0.4, 0.5) is 0 Å². The second-order valence-electron chi connectivity index (χ2n) is 3.08. The highest BCUT2D eigenvalue weighted by molar-refractivity contribution is 6.16. The maximum atomic E-state index is 11.5. The van der Waals surface area contributed by atoms with Crippen LogP contribution in [0.15, 0.2) is 0 Å². The predicted molar refractivity (Wildman–Crippen MR) is 53.9 cm³/mol. The van der Waals surface area contributed by atoms with Crippen molar-refractivity contribution in [2.75, 3.05) is 34.0 Å². The first-order chi connectivity index (χ1) is 7.54. The van der Waals surface area contributed by atoms with Crippen molar-refractivity contribution in [3.05, 3.63) is 0 Å². The van der Waals surface area contributed by atoms with E-state index in [1.807, 2.05) is 0 Å². The summed E-state index contributed by atoms with van der Waals surface area (Å²) in [6.07, 6.45) is 0. The number of Topliss-reactive ketones (excluding diaryl/α,β-unsaturated/α-hetero) is 2. The molecule has 0 bridgehead atoms. The minimum absolute atomic E-state index is 0.230. The topological polar surface area (TPSA) is 78.9 Å². The molecular formula is C10H16O6. The SMILES string of the molecule is COCCOCC(=O)C(C(C)=O)C(=O)OC. The summed E-state index contributed by atoms with van der Waals surface area (Å²) in [5.41, 5.74) is 0. The largest absolute Gasteiger partial charge is 0.468 e. The molecule has 0 aliphatic heterocycles. The van der Waals surface area contributed by atoms with Crippen LogP contribution in [-0.2, 0) is 28.6 Å². The van der Waals surface area contributed by atoms with Gasteiger partial charge in [-0.15, -0.1) is 0 Å². The molecule has 0 aliphatic carbocycles. The molecule has 16 heavy (non-hydrogen) atoms. The summed E-state index contributed by atoms with van der Waals surface area (Å²) in [5, 5.41) is 0. The summed E-state index contributed by atoms with van der Waals surface area (Å²) < 4.78 is 14.0. The van der Waals surface area contributed by atoms with Gasteiger partial charge in [-0.3, -0.25) is 14.4 Å². The molecule has 0 saturated heterocycles. The lowest BCUT2D eigenvalue weighted by atomic mass is 10.0. The van der Waals surface area contributed by atoms with Gasteiger partial charge in [-0.25, -0.2) is 0 Å². The van der Waals surface area contributed by atoms with Crippen molar-refractivity contribution in [1.29, 1.82) is 0 Å². The number of ketones is 2. The van der Waals surface area contributed by atoms with Crippen molar-refractivity contribution in [2.45, 2.75) is 6.92 Å². The van der Waals surface area contributed by atoms with Crippen LogP contribution < -0.4 is 0 Å². The van der Waals surface area contributed by atoms with Gasteiger partial charge in [0.15, 0.2) is 17.5 Å². The summed E-state index contributed by atoms with van der Waals surface area (Å²) in [6.45, 7) is 1.43. The minimum atomic E-state index is -1.38. The molecule has 0 spiro atoms. The third-order valence-electron chi connectivity index (χ3n) is 1.84. The number of hydrogen-bond acceptors (Lipinski definition) is 6. The van der Waals surface area contributed by atoms with Gasteiger partial charge in [0, 0.05) is 7.11 Å². The van der Waals surface area contributed by atoms with Gasteiger partial charge in [0.2, 0.25) is 0 Å². The average Bonchev–Trinajstić information content (AvgIpc) is 2.23. The van der Waals surface area contributed by atoms with Gasteiger partial charge in [-0.2, -0.15) is 0 Å². The molecule has 6 nitrogen and oxygen atoms in total. The average molecular weight is 232 g/mol. The number of carbonyl (C=O) groups is 3. The molecule has 0 saturated carbocycles. The summed E-state index contributed by atoms with van der Waals surface area (Å²) in [5.74, 6) is -3.39. The molecule has 0 radical (unpaired) electrons. The van der Waals surface area contributed by atoms with E-state index in [9.17, 15) is 14.4 Å². The standard InChI is InChI=1S/C10H16O6/c1-7(11)9(10(13)15-3)8(12)6-16-5-4-14-2/h9H,4-6H2,1-3H3. The van der Waals surface area contributed by atoms with Gasteiger partial charge >= 0.3 is 5.97 Å². The molecule has 92 valence electrons. The van der Waals surface area contributed by atoms with Gasteiger partial charge in [-0.1, -0.05) is 0 Å². The number of carbonyl (C=O) groups excluding carboxylic acids is 3. The monoisotopic (exact) mass is 232 g/mol. The van der Waals surface area contributed by atoms with E-state index < -0.39 is 23.5 Å². The normalized spacial score (nSPS) is 11.9. The highest BCUT2D eigenvalue weighted by Crippen LogP contribution is 2.03. The van der Waals surface area contributed by atoms with E-state index in [2.05, 4.69) is 4.74 Å². The van der Waals surface area contributed by atoms with E-state index in [4.69, 9.17) is 9.47 Å². The molecule has 1 atom stereocenters. The predicted octanol–water partition coefficient (Wildman–Crippen LogP) is -0.403. The Morgan fingerprint density at radius 1 is 1.12 bits per heavy atom. The molecular weight excluding hydrogens is 216 g/mol. The Balaban J connectivity index is 4.19. The Morgan fingerprint density at radius 3 is 2.19 bits per heavy atom. The lowest BCUT2D eigenvalue weighted by molar-refractivity contribution is -0.153. The molecule has 0 aliphatic rings. The zero-order valence-corrected chi connectivity index (χ0v) is 9.65. The molecule has 0 N–H and O–H groups in total. The summed E-state index contributed by atoms with van der Waals surface area (Å²) in [7, 11) is 2.62. The lowest BCUT2D eigenvalue weighted by Gasteiger charge is -2.10. The smallest absolute Gasteiger partial charge is 0.323 e. The summed E-state index contributed by atoms with van der Waals surface area (Å²) in [6, 6.07) is 0. The molecule has 6 heteroatoms. The number of rotatable bonds is 8. The molecule has 0 aromatic rings. The van der Waals surface area contributed by atoms with Crippen LogP contribution >= 0.6 is 0 Å². The highest BCUT2D eigenvalue weighted by Gasteiger charge is 2.31. The maximum Gasteiger partial charge on any atom is 0.323 e. The fraction of sp³-hybridized carbons (Fsp3) is 0.700. The fourth-order valence-corrected chi connectivity index (χ4v) is 1.04. The van der Waals surface area contributed by atoms with Crippen LogP contribution in [0.3, 0.4) is 0 Å². The number of methoxy groups -OCH3 is 2. The van der Waals surface area contributed by atoms with Crippen LogP contribution in [0.2, 0.25) is 0 Å². The first-order valence-electron chi connectivity index (χ1n) is 4.72. The van der Waals surface area contributed by atoms with Crippen LogP contribution in [0.5, 0.6) is 0 Å². The first-order valence-corrected chi connectivity index (χ1v) is 4.72. The van der Waals surface area contributed by atoms with Crippen LogP contribution in [0.1, 0.15) is 6.92 Å². The maximum absolute atomic E-state index is 11.5. The number of hydrogen-bond donors (Lipinski definition) is 0. The van der Waals surface area contributed by atoms with Crippen LogP contribution in [0.25, 0.3) is 0 Å². The van der Waals surface area contributed by atoms with Gasteiger partial charge in [0.05, 0.1) is 20.3 Å². The highest BCUT2D eigenvalue weighted by atomic mass is 16.5. The Hall–Kier alpha value is -1.27. The third kappa shape index (κ3) is 4.99. The second-order valence-corrected chi connectivity index (χ2v) is 3.08. The van der Waals surface area contributed by atoms with Crippen molar-refractivity contribution < 1.29 is 28.6 Å². The Bertz CT molecular complexity index is 260. The summed E-state index contributed by atoms with van der Waals surface area (Å²) in [4.78, 5) is 33.7. The van der Waals surface area contributed by atoms with E-state index >= 15 is 0 Å². The molecule has 1 unspecified atom stereocenters. The second kappa shape index (κ2) is 7.95. The van der Waals surface area contributed by atoms with Crippen LogP contribution in [0, 0.1) is 5.92 Å². The van der Waals surface area contributed by atoms with Crippen molar-refractivity contribution in [2.24, 2.45) is 5.92 Å². The quantitative estimate of drug-likeness (QED) is 0.322. The zero-order chi connectivity index (χ0) is 12.6. The third-order valence-corrected chi connectivity index (χ3v) is 1.84. The van der Waals surface area contributed by atoms with Gasteiger partial charge < -0.3 is 14.2 Å². The van der Waals surface area contributed by atoms with E-state index in [0.29, 0.717) is 6.61 Å². The molecule has 0 fully saturated rings. The van der Waals surface area contributed by atoms with E-state index in [1.165, 1.54) is 7.11 Å². The van der Waals surface area contributed by atoms with E-state index in [1.54, 1.807) is 0 Å². The molecule has 0 heterocycles. The molecule has 0 aromatic heterocycles. The van der Waals surface area contributed by atoms with Crippen molar-refractivity contribution in [1.82, 2.24) is 0 Å². The zero-order valence-electron chi connectivity index (χ0n) is 9.65. The van der Waals surface area contributed by atoms with Gasteiger partial charge in [0.25, 0.3) is 0 Å². The Morgan fingerprint density at radius 2 is 1.75 bits per heavy atom. The summed E-state index contributed by atoms with van der Waals surface area (Å²) >= 11 is 0. The minimum Gasteiger partial charge on any atom is -0.468 e. The lowest BCUT2D eigenvalue weighted by Crippen LogP contribution is -2.34. The van der Waals surface area contributed by atoms with E-state index in [0.717, 1.165) is 14.0 Å². The molecule has 0 rings (SSSR count). The molecule has 0 amide bonds. The van der Waals surface area contributed by atoms with Gasteiger partial charge in [-0.05, 0) is 6.92 Å². The molecule has 0 aromatic carbocycles. The van der Waals surface area contributed by atoms with Crippen molar-refractivity contribution in [3.8, 4) is 0 Å². The first kappa shape index (κ1) is 14.7. The van der Waals surface area contributed by atoms with Gasteiger partial charge in [0.1, 0.15) is 6.61 Å². The van der Waals surface area contributed by atoms with Crippen LogP contribution in [-0.4, -0.2) is 51.6 Å². The van der Waals surface area contributed by atoms with Crippen molar-refractivity contribution in [3.63, 3.8) is 0 Å². The number of esters is 1. The Kier molecular flexibility index (Phi) is 7.32. The Labute approximate surface area is 93.8 Å². The van der Waals surface area contributed by atoms with Crippen molar-refractivity contribution >= 4 is 17.5 Å².